The number of anilines is 1. The second-order valence-electron chi connectivity index (χ2n) is 3.52. The number of rotatable bonds is 4. The van der Waals surface area contributed by atoms with E-state index in [1.54, 1.807) is 0 Å². The van der Waals surface area contributed by atoms with Gasteiger partial charge >= 0.3 is 0 Å². The molecule has 1 aromatic carbocycles. The largest absolute Gasteiger partial charge is 0.344 e. The maximum absolute atomic E-state index is 12.0. The lowest BCUT2D eigenvalue weighted by Gasteiger charge is -2.16. The highest BCUT2D eigenvalue weighted by Crippen LogP contribution is 2.30. The molecule has 2 amide bonds. The van der Waals surface area contributed by atoms with Crippen molar-refractivity contribution in [2.24, 2.45) is 0 Å². The van der Waals surface area contributed by atoms with Gasteiger partial charge in [0, 0.05) is 21.6 Å². The molecule has 1 unspecified atom stereocenters. The van der Waals surface area contributed by atoms with Crippen molar-refractivity contribution in [2.45, 2.75) is 13.0 Å². The van der Waals surface area contributed by atoms with E-state index in [1.165, 1.54) is 6.92 Å². The second-order valence-corrected chi connectivity index (χ2v) is 5.60. The molecule has 0 fully saturated rings. The van der Waals surface area contributed by atoms with Crippen molar-refractivity contribution in [2.75, 3.05) is 11.1 Å². The first-order chi connectivity index (χ1) is 8.45. The zero-order valence-electron chi connectivity index (χ0n) is 9.54. The van der Waals surface area contributed by atoms with E-state index in [1.807, 2.05) is 18.2 Å². The van der Waals surface area contributed by atoms with Crippen LogP contribution < -0.4 is 10.6 Å². The number of thiol groups is 1. The maximum Gasteiger partial charge on any atom is 0.247 e. The van der Waals surface area contributed by atoms with Gasteiger partial charge in [-0.1, -0.05) is 6.07 Å². The fourth-order valence-electron chi connectivity index (χ4n) is 1.27. The highest BCUT2D eigenvalue weighted by atomic mass is 79.9. The van der Waals surface area contributed by atoms with Crippen molar-refractivity contribution in [1.82, 2.24) is 5.32 Å². The first kappa shape index (κ1) is 15.5. The summed E-state index contributed by atoms with van der Waals surface area (Å²) in [6.45, 7) is 1.36. The number of hydrogen-bond acceptors (Lipinski definition) is 3. The van der Waals surface area contributed by atoms with Crippen LogP contribution in [0.25, 0.3) is 0 Å². The van der Waals surface area contributed by atoms with Gasteiger partial charge < -0.3 is 10.6 Å². The summed E-state index contributed by atoms with van der Waals surface area (Å²) in [7, 11) is 0. The van der Waals surface area contributed by atoms with E-state index in [-0.39, 0.29) is 17.6 Å². The average Bonchev–Trinajstić information content (AvgIpc) is 2.30. The van der Waals surface area contributed by atoms with Gasteiger partial charge in [0.2, 0.25) is 11.8 Å². The average molecular weight is 396 g/mol. The van der Waals surface area contributed by atoms with Crippen molar-refractivity contribution < 1.29 is 9.59 Å². The Morgan fingerprint density at radius 1 is 1.33 bits per heavy atom. The van der Waals surface area contributed by atoms with Crippen LogP contribution in [0, 0.1) is 0 Å². The lowest BCUT2D eigenvalue weighted by atomic mass is 10.2. The normalized spacial score (nSPS) is 11.8. The Morgan fingerprint density at radius 2 is 1.89 bits per heavy atom. The Bertz CT molecular complexity index is 448. The van der Waals surface area contributed by atoms with Crippen molar-refractivity contribution in [3.05, 3.63) is 27.1 Å². The van der Waals surface area contributed by atoms with Gasteiger partial charge in [0.1, 0.15) is 6.04 Å². The molecule has 1 rings (SSSR count). The number of hydrogen-bond donors (Lipinski definition) is 3. The SMILES string of the molecule is CC(=O)NC(CS)C(=O)Nc1c(Br)cccc1Br. The van der Waals surface area contributed by atoms with Crippen LogP contribution in [-0.4, -0.2) is 23.6 Å². The van der Waals surface area contributed by atoms with Crippen molar-refractivity contribution in [3.63, 3.8) is 0 Å². The molecule has 4 nitrogen and oxygen atoms in total. The third-order valence-electron chi connectivity index (χ3n) is 2.09. The number of carbonyl (C=O) groups excluding carboxylic acids is 2. The number of nitrogens with one attached hydrogen (secondary N) is 2. The summed E-state index contributed by atoms with van der Waals surface area (Å²) in [5.41, 5.74) is 0.625. The molecule has 7 heteroatoms. The van der Waals surface area contributed by atoms with Gasteiger partial charge in [-0.25, -0.2) is 0 Å². The van der Waals surface area contributed by atoms with Crippen LogP contribution in [0.1, 0.15) is 6.92 Å². The number of benzene rings is 1. The minimum atomic E-state index is -0.662. The van der Waals surface area contributed by atoms with Crippen LogP contribution in [0.2, 0.25) is 0 Å². The molecule has 0 saturated heterocycles. The van der Waals surface area contributed by atoms with E-state index in [2.05, 4.69) is 55.1 Å². The van der Waals surface area contributed by atoms with E-state index in [0.29, 0.717) is 5.69 Å². The molecule has 0 spiro atoms. The lowest BCUT2D eigenvalue weighted by Crippen LogP contribution is -2.44. The lowest BCUT2D eigenvalue weighted by molar-refractivity contribution is -0.124. The highest BCUT2D eigenvalue weighted by molar-refractivity contribution is 9.11. The van der Waals surface area contributed by atoms with Crippen molar-refractivity contribution >= 4 is 62.0 Å². The highest BCUT2D eigenvalue weighted by Gasteiger charge is 2.19. The molecule has 0 radical (unpaired) electrons. The fourth-order valence-corrected chi connectivity index (χ4v) is 2.72. The zero-order valence-corrected chi connectivity index (χ0v) is 13.6. The van der Waals surface area contributed by atoms with Crippen LogP contribution in [0.5, 0.6) is 0 Å². The number of halogens is 2. The first-order valence-corrected chi connectivity index (χ1v) is 7.30. The predicted octanol–water partition coefficient (Wildman–Crippen LogP) is 2.58. The molecular formula is C11H12Br2N2O2S. The van der Waals surface area contributed by atoms with Crippen LogP contribution in [0.3, 0.4) is 0 Å². The molecule has 0 aliphatic carbocycles. The Hall–Kier alpha value is -0.530. The predicted molar refractivity (Wildman–Crippen MR) is 81.9 cm³/mol. The van der Waals surface area contributed by atoms with Crippen LogP contribution >= 0.6 is 44.5 Å². The van der Waals surface area contributed by atoms with Crippen molar-refractivity contribution in [3.8, 4) is 0 Å². The molecule has 98 valence electrons. The quantitative estimate of drug-likeness (QED) is 0.686. The Morgan fingerprint density at radius 3 is 2.33 bits per heavy atom. The van der Waals surface area contributed by atoms with Gasteiger partial charge in [-0.2, -0.15) is 12.6 Å². The summed E-state index contributed by atoms with van der Waals surface area (Å²) >= 11 is 10.7. The van der Waals surface area contributed by atoms with Crippen LogP contribution in [0.15, 0.2) is 27.1 Å². The van der Waals surface area contributed by atoms with Gasteiger partial charge in [0.05, 0.1) is 5.69 Å². The molecule has 18 heavy (non-hydrogen) atoms. The third-order valence-corrected chi connectivity index (χ3v) is 3.77. The molecule has 1 aromatic rings. The summed E-state index contributed by atoms with van der Waals surface area (Å²) in [6, 6.07) is 4.81. The molecular weight excluding hydrogens is 384 g/mol. The van der Waals surface area contributed by atoms with E-state index >= 15 is 0 Å². The summed E-state index contributed by atoms with van der Waals surface area (Å²) in [5.74, 6) is -0.351. The Labute approximate surface area is 128 Å². The van der Waals surface area contributed by atoms with E-state index in [9.17, 15) is 9.59 Å². The van der Waals surface area contributed by atoms with Crippen LogP contribution in [-0.2, 0) is 9.59 Å². The minimum Gasteiger partial charge on any atom is -0.344 e. The third kappa shape index (κ3) is 4.29. The molecule has 1 atom stereocenters. The van der Waals surface area contributed by atoms with Gasteiger partial charge in [0.25, 0.3) is 0 Å². The van der Waals surface area contributed by atoms with Crippen molar-refractivity contribution in [1.29, 1.82) is 0 Å². The molecule has 2 N–H and O–H groups in total. The zero-order chi connectivity index (χ0) is 13.7. The molecule has 0 aliphatic rings. The van der Waals surface area contributed by atoms with E-state index < -0.39 is 6.04 Å². The smallest absolute Gasteiger partial charge is 0.247 e. The standard InChI is InChI=1S/C11H12Br2N2O2S/c1-6(16)14-9(5-18)11(17)15-10-7(12)3-2-4-8(10)13/h2-4,9,18H,5H2,1H3,(H,14,16)(H,15,17). The molecule has 0 heterocycles. The van der Waals surface area contributed by atoms with Gasteiger partial charge in [0.15, 0.2) is 0 Å². The summed E-state index contributed by atoms with van der Waals surface area (Å²) in [4.78, 5) is 22.9. The minimum absolute atomic E-state index is 0.230. The summed E-state index contributed by atoms with van der Waals surface area (Å²) in [5, 5.41) is 5.27. The second kappa shape index (κ2) is 7.16. The summed E-state index contributed by atoms with van der Waals surface area (Å²) in [6.07, 6.45) is 0. The van der Waals surface area contributed by atoms with Gasteiger partial charge in [-0.15, -0.1) is 0 Å². The topological polar surface area (TPSA) is 58.2 Å². The van der Waals surface area contributed by atoms with E-state index in [0.717, 1.165) is 8.95 Å². The number of para-hydroxylation sites is 1. The number of carbonyl (C=O) groups is 2. The summed E-state index contributed by atoms with van der Waals surface area (Å²) < 4.78 is 1.51. The maximum atomic E-state index is 12.0. The molecule has 0 saturated carbocycles. The van der Waals surface area contributed by atoms with E-state index in [4.69, 9.17) is 0 Å². The Balaban J connectivity index is 2.83. The van der Waals surface area contributed by atoms with Crippen LogP contribution in [0.4, 0.5) is 5.69 Å². The first-order valence-electron chi connectivity index (χ1n) is 5.08. The Kier molecular flexibility index (Phi) is 6.17. The van der Waals surface area contributed by atoms with Gasteiger partial charge in [-0.05, 0) is 44.0 Å². The monoisotopic (exact) mass is 394 g/mol. The molecule has 0 bridgehead atoms. The fraction of sp³-hybridized carbons (Fsp3) is 0.273. The number of amides is 2. The molecule has 0 aromatic heterocycles. The molecule has 0 aliphatic heterocycles. The van der Waals surface area contributed by atoms with Gasteiger partial charge in [-0.3, -0.25) is 9.59 Å².